The molecule has 132 valence electrons. The number of rotatable bonds is 4. The summed E-state index contributed by atoms with van der Waals surface area (Å²) in [4.78, 5) is 30.5. The van der Waals surface area contributed by atoms with Crippen LogP contribution in [0.15, 0.2) is 51.8 Å². The number of aromatic nitrogens is 1. The maximum atomic E-state index is 13.0. The van der Waals surface area contributed by atoms with Gasteiger partial charge in [0.15, 0.2) is 0 Å². The number of nitrogens with one attached hydrogen (secondary N) is 1. The highest BCUT2D eigenvalue weighted by molar-refractivity contribution is 7.08. The standard InChI is InChI=1S/C18H14FN3O3S/c1-18(12-6-7-26-10-12)16(23)22(17(24)21-18)8-14-9-25-15(20-14)11-2-4-13(19)5-3-11/h2-7,9-10H,8H2,1H3,(H,21,24)/t18-/m1/s1. The van der Waals surface area contributed by atoms with Gasteiger partial charge >= 0.3 is 6.03 Å². The third-order valence-corrected chi connectivity index (χ3v) is 5.02. The van der Waals surface area contributed by atoms with Crippen LogP contribution in [0.4, 0.5) is 9.18 Å². The van der Waals surface area contributed by atoms with Gasteiger partial charge in [-0.1, -0.05) is 0 Å². The van der Waals surface area contributed by atoms with E-state index in [4.69, 9.17) is 4.42 Å². The van der Waals surface area contributed by atoms with Crippen molar-refractivity contribution < 1.29 is 18.4 Å². The van der Waals surface area contributed by atoms with Gasteiger partial charge in [0.05, 0.1) is 12.2 Å². The zero-order valence-electron chi connectivity index (χ0n) is 13.7. The molecule has 1 aliphatic rings. The number of carbonyl (C=O) groups excluding carboxylic acids is 2. The van der Waals surface area contributed by atoms with Gasteiger partial charge in [-0.3, -0.25) is 9.69 Å². The van der Waals surface area contributed by atoms with Crippen LogP contribution in [0.2, 0.25) is 0 Å². The highest BCUT2D eigenvalue weighted by Gasteiger charge is 2.49. The Morgan fingerprint density at radius 2 is 2.04 bits per heavy atom. The molecular formula is C18H14FN3O3S. The number of nitrogens with zero attached hydrogens (tertiary/aromatic N) is 2. The number of hydrogen-bond donors (Lipinski definition) is 1. The predicted molar refractivity (Wildman–Crippen MR) is 92.6 cm³/mol. The Hall–Kier alpha value is -3.00. The molecule has 1 N–H and O–H groups in total. The highest BCUT2D eigenvalue weighted by Crippen LogP contribution is 2.31. The molecule has 0 bridgehead atoms. The molecule has 1 fully saturated rings. The van der Waals surface area contributed by atoms with Crippen LogP contribution in [0, 0.1) is 5.82 Å². The van der Waals surface area contributed by atoms with Gasteiger partial charge in [-0.25, -0.2) is 14.2 Å². The van der Waals surface area contributed by atoms with Crippen molar-refractivity contribution in [3.8, 4) is 11.5 Å². The predicted octanol–water partition coefficient (Wildman–Crippen LogP) is 3.51. The van der Waals surface area contributed by atoms with Crippen molar-refractivity contribution in [3.63, 3.8) is 0 Å². The summed E-state index contributed by atoms with van der Waals surface area (Å²) in [7, 11) is 0. The van der Waals surface area contributed by atoms with Gasteiger partial charge in [0.25, 0.3) is 5.91 Å². The SMILES string of the molecule is C[C@]1(c2ccsc2)NC(=O)N(Cc2coc(-c3ccc(F)cc3)n2)C1=O. The second-order valence-electron chi connectivity index (χ2n) is 6.11. The van der Waals surface area contributed by atoms with Crippen molar-refractivity contribution in [2.45, 2.75) is 19.0 Å². The first kappa shape index (κ1) is 16.5. The molecule has 8 heteroatoms. The van der Waals surface area contributed by atoms with Gasteiger partial charge in [0, 0.05) is 5.56 Å². The van der Waals surface area contributed by atoms with E-state index in [-0.39, 0.29) is 18.3 Å². The Morgan fingerprint density at radius 1 is 1.27 bits per heavy atom. The lowest BCUT2D eigenvalue weighted by Gasteiger charge is -2.20. The molecule has 1 aliphatic heterocycles. The lowest BCUT2D eigenvalue weighted by Crippen LogP contribution is -2.40. The lowest BCUT2D eigenvalue weighted by molar-refractivity contribution is -0.131. The fourth-order valence-electron chi connectivity index (χ4n) is 2.85. The Bertz CT molecular complexity index is 968. The molecule has 6 nitrogen and oxygen atoms in total. The van der Waals surface area contributed by atoms with E-state index in [1.54, 1.807) is 19.1 Å². The smallest absolute Gasteiger partial charge is 0.325 e. The van der Waals surface area contributed by atoms with E-state index in [2.05, 4.69) is 10.3 Å². The van der Waals surface area contributed by atoms with Crippen LogP contribution < -0.4 is 5.32 Å². The van der Waals surface area contributed by atoms with E-state index < -0.39 is 11.6 Å². The van der Waals surface area contributed by atoms with Crippen molar-refractivity contribution in [2.75, 3.05) is 0 Å². The number of thiophene rings is 1. The van der Waals surface area contributed by atoms with Gasteiger partial charge in [0.2, 0.25) is 5.89 Å². The van der Waals surface area contributed by atoms with Gasteiger partial charge in [0.1, 0.15) is 17.6 Å². The number of benzene rings is 1. The topological polar surface area (TPSA) is 75.4 Å². The molecular weight excluding hydrogens is 357 g/mol. The number of carbonyl (C=O) groups is 2. The van der Waals surface area contributed by atoms with Gasteiger partial charge < -0.3 is 9.73 Å². The number of halogens is 1. The van der Waals surface area contributed by atoms with Crippen LogP contribution in [-0.2, 0) is 16.9 Å². The van der Waals surface area contributed by atoms with E-state index in [0.29, 0.717) is 17.1 Å². The molecule has 4 rings (SSSR count). The number of hydrogen-bond acceptors (Lipinski definition) is 5. The van der Waals surface area contributed by atoms with Crippen molar-refractivity contribution in [1.82, 2.24) is 15.2 Å². The summed E-state index contributed by atoms with van der Waals surface area (Å²) >= 11 is 1.46. The molecule has 1 saturated heterocycles. The highest BCUT2D eigenvalue weighted by atomic mass is 32.1. The summed E-state index contributed by atoms with van der Waals surface area (Å²) in [6, 6.07) is 7.05. The van der Waals surface area contributed by atoms with Crippen molar-refractivity contribution in [1.29, 1.82) is 0 Å². The average molecular weight is 371 g/mol. The molecule has 1 atom stereocenters. The van der Waals surface area contributed by atoms with Crippen molar-refractivity contribution in [2.24, 2.45) is 0 Å². The summed E-state index contributed by atoms with van der Waals surface area (Å²) in [5, 5.41) is 6.44. The minimum atomic E-state index is -1.08. The molecule has 2 aromatic heterocycles. The van der Waals surface area contributed by atoms with E-state index in [1.165, 1.54) is 29.7 Å². The molecule has 0 spiro atoms. The summed E-state index contributed by atoms with van der Waals surface area (Å²) in [5.74, 6) is -0.396. The van der Waals surface area contributed by atoms with Crippen LogP contribution in [0.5, 0.6) is 0 Å². The molecule has 26 heavy (non-hydrogen) atoms. The monoisotopic (exact) mass is 371 g/mol. The fraction of sp³-hybridized carbons (Fsp3) is 0.167. The molecule has 3 amide bonds. The number of amides is 3. The Morgan fingerprint density at radius 3 is 2.73 bits per heavy atom. The average Bonchev–Trinajstić information content (AvgIpc) is 3.34. The van der Waals surface area contributed by atoms with Crippen LogP contribution in [0.3, 0.4) is 0 Å². The van der Waals surface area contributed by atoms with Gasteiger partial charge in [-0.2, -0.15) is 11.3 Å². The second kappa shape index (κ2) is 6.06. The summed E-state index contributed by atoms with van der Waals surface area (Å²) < 4.78 is 18.4. The quantitative estimate of drug-likeness (QED) is 0.712. The summed E-state index contributed by atoms with van der Waals surface area (Å²) in [6.45, 7) is 1.68. The normalized spacial score (nSPS) is 19.8. The van der Waals surface area contributed by atoms with Crippen LogP contribution >= 0.6 is 11.3 Å². The molecule has 0 saturated carbocycles. The summed E-state index contributed by atoms with van der Waals surface area (Å²) in [5.41, 5.74) is 0.705. The largest absolute Gasteiger partial charge is 0.444 e. The van der Waals surface area contributed by atoms with Gasteiger partial charge in [-0.15, -0.1) is 0 Å². The van der Waals surface area contributed by atoms with E-state index in [0.717, 1.165) is 10.5 Å². The van der Waals surface area contributed by atoms with E-state index in [1.807, 2.05) is 16.8 Å². The van der Waals surface area contributed by atoms with Gasteiger partial charge in [-0.05, 0) is 53.6 Å². The first-order valence-electron chi connectivity index (χ1n) is 7.84. The van der Waals surface area contributed by atoms with Crippen LogP contribution in [0.25, 0.3) is 11.5 Å². The minimum Gasteiger partial charge on any atom is -0.444 e. The number of imide groups is 1. The molecule has 0 unspecified atom stereocenters. The van der Waals surface area contributed by atoms with Crippen LogP contribution in [0.1, 0.15) is 18.2 Å². The fourth-order valence-corrected chi connectivity index (χ4v) is 3.62. The molecule has 0 radical (unpaired) electrons. The van der Waals surface area contributed by atoms with E-state index >= 15 is 0 Å². The third-order valence-electron chi connectivity index (χ3n) is 4.34. The first-order chi connectivity index (χ1) is 12.5. The first-order valence-corrected chi connectivity index (χ1v) is 8.79. The molecule has 0 aliphatic carbocycles. The molecule has 1 aromatic carbocycles. The number of urea groups is 1. The minimum absolute atomic E-state index is 0.00487. The lowest BCUT2D eigenvalue weighted by atomic mass is 9.95. The molecule has 3 aromatic rings. The zero-order chi connectivity index (χ0) is 18.3. The third kappa shape index (κ3) is 2.68. The van der Waals surface area contributed by atoms with Crippen molar-refractivity contribution >= 4 is 23.3 Å². The maximum absolute atomic E-state index is 13.0. The maximum Gasteiger partial charge on any atom is 0.325 e. The second-order valence-corrected chi connectivity index (χ2v) is 6.89. The Labute approximate surface area is 152 Å². The zero-order valence-corrected chi connectivity index (χ0v) is 14.5. The van der Waals surface area contributed by atoms with Crippen LogP contribution in [-0.4, -0.2) is 21.8 Å². The van der Waals surface area contributed by atoms with E-state index in [9.17, 15) is 14.0 Å². The Balaban J connectivity index is 1.55. The van der Waals surface area contributed by atoms with Crippen molar-refractivity contribution in [3.05, 3.63) is 64.4 Å². The molecule has 3 heterocycles. The Kier molecular flexibility index (Phi) is 3.84. The number of oxazole rings is 1. The summed E-state index contributed by atoms with van der Waals surface area (Å²) in [6.07, 6.45) is 1.39.